The third kappa shape index (κ3) is 3.83. The Morgan fingerprint density at radius 1 is 0.913 bits per heavy atom. The minimum absolute atomic E-state index is 0.497. The van der Waals surface area contributed by atoms with Gasteiger partial charge in [0.15, 0.2) is 5.82 Å². The summed E-state index contributed by atoms with van der Waals surface area (Å²) < 4.78 is 11.2. The monoisotopic (exact) mass is 307 g/mol. The Kier molecular flexibility index (Phi) is 4.47. The zero-order valence-corrected chi connectivity index (χ0v) is 13.1. The number of benzene rings is 1. The molecule has 0 unspecified atom stereocenters. The number of rotatable bonds is 5. The molecule has 1 aromatic carbocycles. The highest BCUT2D eigenvalue weighted by atomic mass is 16.5. The second-order valence-corrected chi connectivity index (χ2v) is 4.89. The van der Waals surface area contributed by atoms with Crippen molar-refractivity contribution in [3.8, 4) is 28.9 Å². The summed E-state index contributed by atoms with van der Waals surface area (Å²) in [7, 11) is 0. The van der Waals surface area contributed by atoms with E-state index in [1.165, 1.54) is 0 Å². The van der Waals surface area contributed by atoms with Crippen molar-refractivity contribution in [1.29, 1.82) is 0 Å². The van der Waals surface area contributed by atoms with Gasteiger partial charge in [-0.1, -0.05) is 6.07 Å². The number of hydrogen-bond acceptors (Lipinski definition) is 5. The molecule has 5 nitrogen and oxygen atoms in total. The number of hydrogen-bond donors (Lipinski definition) is 0. The van der Waals surface area contributed by atoms with Crippen LogP contribution in [0.3, 0.4) is 0 Å². The fourth-order valence-electron chi connectivity index (χ4n) is 2.06. The summed E-state index contributed by atoms with van der Waals surface area (Å²) in [6, 6.07) is 14.8. The molecule has 0 atom stereocenters. The summed E-state index contributed by atoms with van der Waals surface area (Å²) in [6.45, 7) is 4.51. The molecule has 2 heterocycles. The van der Waals surface area contributed by atoms with Crippen molar-refractivity contribution in [1.82, 2.24) is 15.0 Å². The highest BCUT2D eigenvalue weighted by Crippen LogP contribution is 2.24. The lowest BCUT2D eigenvalue weighted by molar-refractivity contribution is 0.339. The standard InChI is InChI=1S/C18H17N3O2/c1-3-22-14-7-9-15(10-8-14)23-17-6-4-5-16(21-17)18-19-12-11-13(2)20-18/h4-12H,3H2,1-2H3. The Hall–Kier alpha value is -2.95. The Balaban J connectivity index is 1.80. The van der Waals surface area contributed by atoms with E-state index < -0.39 is 0 Å². The summed E-state index contributed by atoms with van der Waals surface area (Å²) in [5.74, 6) is 2.59. The van der Waals surface area contributed by atoms with Gasteiger partial charge in [0, 0.05) is 18.0 Å². The smallest absolute Gasteiger partial charge is 0.219 e. The molecule has 0 saturated heterocycles. The van der Waals surface area contributed by atoms with Crippen LogP contribution in [0.4, 0.5) is 0 Å². The Bertz CT molecular complexity index is 788. The topological polar surface area (TPSA) is 57.1 Å². The second-order valence-electron chi connectivity index (χ2n) is 4.89. The van der Waals surface area contributed by atoms with Crippen molar-refractivity contribution < 1.29 is 9.47 Å². The van der Waals surface area contributed by atoms with Gasteiger partial charge in [-0.25, -0.2) is 15.0 Å². The first-order valence-electron chi connectivity index (χ1n) is 7.42. The summed E-state index contributed by atoms with van der Waals surface area (Å²) in [5, 5.41) is 0. The van der Waals surface area contributed by atoms with Gasteiger partial charge in [-0.15, -0.1) is 0 Å². The zero-order valence-electron chi connectivity index (χ0n) is 13.1. The molecule has 3 rings (SSSR count). The van der Waals surface area contributed by atoms with Crippen molar-refractivity contribution in [2.75, 3.05) is 6.61 Å². The highest BCUT2D eigenvalue weighted by molar-refractivity contribution is 5.50. The fourth-order valence-corrected chi connectivity index (χ4v) is 2.06. The summed E-state index contributed by atoms with van der Waals surface area (Å²) in [4.78, 5) is 13.1. The van der Waals surface area contributed by atoms with Crippen LogP contribution in [0.2, 0.25) is 0 Å². The molecule has 0 aliphatic rings. The van der Waals surface area contributed by atoms with Gasteiger partial charge >= 0.3 is 0 Å². The molecule has 0 bridgehead atoms. The maximum Gasteiger partial charge on any atom is 0.219 e. The van der Waals surface area contributed by atoms with Gasteiger partial charge in [0.2, 0.25) is 5.88 Å². The van der Waals surface area contributed by atoms with Gasteiger partial charge in [0.25, 0.3) is 0 Å². The van der Waals surface area contributed by atoms with Crippen molar-refractivity contribution >= 4 is 0 Å². The number of aromatic nitrogens is 3. The Labute approximate surface area is 135 Å². The van der Waals surface area contributed by atoms with E-state index in [1.54, 1.807) is 12.3 Å². The summed E-state index contributed by atoms with van der Waals surface area (Å²) in [6.07, 6.45) is 1.72. The number of ether oxygens (including phenoxy) is 2. The van der Waals surface area contributed by atoms with Crippen LogP contribution in [-0.2, 0) is 0 Å². The van der Waals surface area contributed by atoms with E-state index in [4.69, 9.17) is 9.47 Å². The molecular formula is C18H17N3O2. The van der Waals surface area contributed by atoms with Gasteiger partial charge < -0.3 is 9.47 Å². The molecule has 0 spiro atoms. The molecule has 23 heavy (non-hydrogen) atoms. The van der Waals surface area contributed by atoms with Crippen LogP contribution in [0.15, 0.2) is 54.7 Å². The largest absolute Gasteiger partial charge is 0.494 e. The van der Waals surface area contributed by atoms with Crippen molar-refractivity contribution in [3.05, 3.63) is 60.4 Å². The molecule has 0 aliphatic heterocycles. The molecule has 0 fully saturated rings. The minimum atomic E-state index is 0.497. The minimum Gasteiger partial charge on any atom is -0.494 e. The van der Waals surface area contributed by atoms with E-state index in [0.717, 1.165) is 11.4 Å². The molecule has 0 saturated carbocycles. The first kappa shape index (κ1) is 15.0. The van der Waals surface area contributed by atoms with Crippen LogP contribution in [0.25, 0.3) is 11.5 Å². The van der Waals surface area contributed by atoms with Crippen LogP contribution in [0, 0.1) is 6.92 Å². The average molecular weight is 307 g/mol. The third-order valence-electron chi connectivity index (χ3n) is 3.10. The third-order valence-corrected chi connectivity index (χ3v) is 3.10. The number of nitrogens with zero attached hydrogens (tertiary/aromatic N) is 3. The SMILES string of the molecule is CCOc1ccc(Oc2cccc(-c3nccc(C)n3)n2)cc1. The first-order chi connectivity index (χ1) is 11.2. The van der Waals surface area contributed by atoms with E-state index in [-0.39, 0.29) is 0 Å². The van der Waals surface area contributed by atoms with E-state index in [1.807, 2.05) is 56.3 Å². The van der Waals surface area contributed by atoms with Gasteiger partial charge in [-0.05, 0) is 50.2 Å². The average Bonchev–Trinajstić information content (AvgIpc) is 2.57. The quantitative estimate of drug-likeness (QED) is 0.712. The van der Waals surface area contributed by atoms with Gasteiger partial charge in [-0.2, -0.15) is 0 Å². The highest BCUT2D eigenvalue weighted by Gasteiger charge is 2.06. The maximum atomic E-state index is 5.78. The fraction of sp³-hybridized carbons (Fsp3) is 0.167. The van der Waals surface area contributed by atoms with Crippen LogP contribution in [0.1, 0.15) is 12.6 Å². The molecule has 5 heteroatoms. The molecule has 116 valence electrons. The molecule has 0 amide bonds. The van der Waals surface area contributed by atoms with E-state index in [2.05, 4.69) is 15.0 Å². The zero-order chi connectivity index (χ0) is 16.1. The lowest BCUT2D eigenvalue weighted by Crippen LogP contribution is -1.95. The van der Waals surface area contributed by atoms with Crippen LogP contribution in [-0.4, -0.2) is 21.6 Å². The maximum absolute atomic E-state index is 5.78. The van der Waals surface area contributed by atoms with Crippen LogP contribution < -0.4 is 9.47 Å². The van der Waals surface area contributed by atoms with Gasteiger partial charge in [0.1, 0.15) is 17.2 Å². The molecule has 0 aliphatic carbocycles. The van der Waals surface area contributed by atoms with Crippen molar-refractivity contribution in [2.24, 2.45) is 0 Å². The summed E-state index contributed by atoms with van der Waals surface area (Å²) in [5.41, 5.74) is 1.58. The normalized spacial score (nSPS) is 10.3. The Morgan fingerprint density at radius 3 is 2.43 bits per heavy atom. The van der Waals surface area contributed by atoms with Gasteiger partial charge in [0.05, 0.1) is 6.61 Å². The van der Waals surface area contributed by atoms with Crippen LogP contribution in [0.5, 0.6) is 17.4 Å². The number of pyridine rings is 1. The first-order valence-corrected chi connectivity index (χ1v) is 7.42. The molecule has 0 N–H and O–H groups in total. The van der Waals surface area contributed by atoms with Gasteiger partial charge in [-0.3, -0.25) is 0 Å². The van der Waals surface area contributed by atoms with Crippen molar-refractivity contribution in [2.45, 2.75) is 13.8 Å². The number of aryl methyl sites for hydroxylation is 1. The van der Waals surface area contributed by atoms with Crippen LogP contribution >= 0.6 is 0 Å². The second kappa shape index (κ2) is 6.87. The summed E-state index contributed by atoms with van der Waals surface area (Å²) >= 11 is 0. The van der Waals surface area contributed by atoms with Crippen molar-refractivity contribution in [3.63, 3.8) is 0 Å². The lowest BCUT2D eigenvalue weighted by atomic mass is 10.3. The predicted molar refractivity (Wildman–Crippen MR) is 87.7 cm³/mol. The van der Waals surface area contributed by atoms with E-state index in [9.17, 15) is 0 Å². The molecule has 3 aromatic rings. The van der Waals surface area contributed by atoms with E-state index >= 15 is 0 Å². The Morgan fingerprint density at radius 2 is 1.70 bits per heavy atom. The predicted octanol–water partition coefficient (Wildman–Crippen LogP) is 4.04. The molecule has 2 aromatic heterocycles. The molecular weight excluding hydrogens is 290 g/mol. The van der Waals surface area contributed by atoms with E-state index in [0.29, 0.717) is 29.8 Å². The lowest BCUT2D eigenvalue weighted by Gasteiger charge is -2.07. The molecule has 0 radical (unpaired) electrons.